The Bertz CT molecular complexity index is 865. The van der Waals surface area contributed by atoms with Crippen molar-refractivity contribution in [2.75, 3.05) is 0 Å². The Morgan fingerprint density at radius 3 is 2.52 bits per heavy atom. The van der Waals surface area contributed by atoms with Gasteiger partial charge in [-0.25, -0.2) is 13.1 Å². The second kappa shape index (κ2) is 5.60. The third-order valence-corrected chi connectivity index (χ3v) is 5.77. The predicted octanol–water partition coefficient (Wildman–Crippen LogP) is 3.69. The highest BCUT2D eigenvalue weighted by atomic mass is 32.2. The lowest BCUT2D eigenvalue weighted by Gasteiger charge is -2.06. The molecule has 0 bridgehead atoms. The van der Waals surface area contributed by atoms with Gasteiger partial charge in [0.15, 0.2) is 0 Å². The molecule has 0 saturated carbocycles. The first-order chi connectivity index (χ1) is 10.1. The quantitative estimate of drug-likeness (QED) is 0.797. The van der Waals surface area contributed by atoms with Crippen molar-refractivity contribution in [3.05, 3.63) is 65.0 Å². The summed E-state index contributed by atoms with van der Waals surface area (Å²) in [6, 6.07) is 14.9. The Balaban J connectivity index is 1.82. The lowest BCUT2D eigenvalue weighted by atomic mass is 10.2. The molecule has 0 unspecified atom stereocenters. The minimum absolute atomic E-state index is 0.299. The molecule has 0 radical (unpaired) electrons. The Morgan fingerprint density at radius 1 is 1.05 bits per heavy atom. The van der Waals surface area contributed by atoms with E-state index >= 15 is 0 Å². The van der Waals surface area contributed by atoms with Crippen molar-refractivity contribution in [1.29, 1.82) is 0 Å². The molecule has 1 heterocycles. The molecule has 0 fully saturated rings. The van der Waals surface area contributed by atoms with Crippen LogP contribution in [0.1, 0.15) is 11.1 Å². The maximum Gasteiger partial charge on any atom is 0.240 e. The third-order valence-electron chi connectivity index (χ3n) is 3.35. The van der Waals surface area contributed by atoms with Crippen LogP contribution in [0.25, 0.3) is 10.1 Å². The zero-order chi connectivity index (χ0) is 14.9. The van der Waals surface area contributed by atoms with Gasteiger partial charge in [-0.2, -0.15) is 0 Å². The van der Waals surface area contributed by atoms with Gasteiger partial charge in [0, 0.05) is 11.2 Å². The highest BCUT2D eigenvalue weighted by molar-refractivity contribution is 7.89. The molecular weight excluding hydrogens is 302 g/mol. The average molecular weight is 317 g/mol. The fourth-order valence-corrected chi connectivity index (χ4v) is 4.11. The Labute approximate surface area is 128 Å². The Kier molecular flexibility index (Phi) is 3.80. The van der Waals surface area contributed by atoms with Crippen molar-refractivity contribution in [2.45, 2.75) is 18.4 Å². The van der Waals surface area contributed by atoms with Gasteiger partial charge < -0.3 is 0 Å². The lowest BCUT2D eigenvalue weighted by molar-refractivity contribution is 0.581. The normalized spacial score (nSPS) is 11.9. The maximum atomic E-state index is 12.3. The van der Waals surface area contributed by atoms with Crippen LogP contribution in [0.3, 0.4) is 0 Å². The number of aryl methyl sites for hydroxylation is 1. The van der Waals surface area contributed by atoms with Crippen molar-refractivity contribution in [3.63, 3.8) is 0 Å². The molecule has 3 aromatic rings. The predicted molar refractivity (Wildman–Crippen MR) is 87.0 cm³/mol. The first-order valence-electron chi connectivity index (χ1n) is 6.58. The number of hydrogen-bond donors (Lipinski definition) is 1. The van der Waals surface area contributed by atoms with E-state index in [1.807, 2.05) is 36.6 Å². The topological polar surface area (TPSA) is 46.2 Å². The first-order valence-corrected chi connectivity index (χ1v) is 8.94. The van der Waals surface area contributed by atoms with Gasteiger partial charge in [0.1, 0.15) is 0 Å². The van der Waals surface area contributed by atoms with Gasteiger partial charge in [-0.15, -0.1) is 11.3 Å². The van der Waals surface area contributed by atoms with E-state index in [9.17, 15) is 8.42 Å². The number of nitrogens with one attached hydrogen (secondary N) is 1. The summed E-state index contributed by atoms with van der Waals surface area (Å²) in [6.07, 6.45) is 0. The molecule has 0 amide bonds. The van der Waals surface area contributed by atoms with E-state index in [1.54, 1.807) is 35.6 Å². The SMILES string of the molecule is Cc1ccc(S(=O)(=O)NCc2csc3ccccc23)cc1. The highest BCUT2D eigenvalue weighted by Gasteiger charge is 2.14. The molecule has 0 saturated heterocycles. The summed E-state index contributed by atoms with van der Waals surface area (Å²) in [4.78, 5) is 0.299. The van der Waals surface area contributed by atoms with Gasteiger partial charge in [0.05, 0.1) is 4.90 Å². The highest BCUT2D eigenvalue weighted by Crippen LogP contribution is 2.25. The summed E-state index contributed by atoms with van der Waals surface area (Å²) < 4.78 is 28.4. The lowest BCUT2D eigenvalue weighted by Crippen LogP contribution is -2.23. The van der Waals surface area contributed by atoms with Gasteiger partial charge in [0.25, 0.3) is 0 Å². The molecule has 21 heavy (non-hydrogen) atoms. The summed E-state index contributed by atoms with van der Waals surface area (Å²) in [6.45, 7) is 2.24. The van der Waals surface area contributed by atoms with E-state index in [4.69, 9.17) is 0 Å². The monoisotopic (exact) mass is 317 g/mol. The minimum atomic E-state index is -3.47. The van der Waals surface area contributed by atoms with Crippen molar-refractivity contribution in [1.82, 2.24) is 4.72 Å². The molecule has 5 heteroatoms. The van der Waals surface area contributed by atoms with Gasteiger partial charge in [-0.3, -0.25) is 0 Å². The fraction of sp³-hybridized carbons (Fsp3) is 0.125. The summed E-state index contributed by atoms with van der Waals surface area (Å²) in [5, 5.41) is 3.11. The molecule has 1 N–H and O–H groups in total. The molecule has 2 aromatic carbocycles. The van der Waals surface area contributed by atoms with Crippen LogP contribution in [0.4, 0.5) is 0 Å². The van der Waals surface area contributed by atoms with E-state index < -0.39 is 10.0 Å². The third kappa shape index (κ3) is 3.00. The fourth-order valence-electron chi connectivity index (χ4n) is 2.14. The Hall–Kier alpha value is -1.69. The van der Waals surface area contributed by atoms with Crippen LogP contribution in [0.2, 0.25) is 0 Å². The van der Waals surface area contributed by atoms with Gasteiger partial charge in [-0.1, -0.05) is 35.9 Å². The second-order valence-corrected chi connectivity index (χ2v) is 7.57. The number of thiophene rings is 1. The average Bonchev–Trinajstić information content (AvgIpc) is 2.89. The van der Waals surface area contributed by atoms with Gasteiger partial charge in [0.2, 0.25) is 10.0 Å². The number of fused-ring (bicyclic) bond motifs is 1. The molecule has 108 valence electrons. The molecule has 3 rings (SSSR count). The number of rotatable bonds is 4. The first kappa shape index (κ1) is 14.3. The van der Waals surface area contributed by atoms with Crippen LogP contribution in [-0.4, -0.2) is 8.42 Å². The van der Waals surface area contributed by atoms with Crippen molar-refractivity contribution >= 4 is 31.4 Å². The zero-order valence-corrected chi connectivity index (χ0v) is 13.2. The molecule has 0 aliphatic rings. The van der Waals surface area contributed by atoms with E-state index in [2.05, 4.69) is 4.72 Å². The molecule has 1 aromatic heterocycles. The van der Waals surface area contributed by atoms with E-state index in [1.165, 1.54) is 4.70 Å². The maximum absolute atomic E-state index is 12.3. The van der Waals surface area contributed by atoms with Crippen LogP contribution < -0.4 is 4.72 Å². The molecule has 0 aliphatic carbocycles. The standard InChI is InChI=1S/C16H15NO2S2/c1-12-6-8-14(9-7-12)21(18,19)17-10-13-11-20-16-5-3-2-4-15(13)16/h2-9,11,17H,10H2,1H3. The van der Waals surface area contributed by atoms with E-state index in [-0.39, 0.29) is 0 Å². The van der Waals surface area contributed by atoms with Crippen molar-refractivity contribution in [2.24, 2.45) is 0 Å². The van der Waals surface area contributed by atoms with E-state index in [0.717, 1.165) is 16.5 Å². The number of hydrogen-bond acceptors (Lipinski definition) is 3. The molecule has 0 spiro atoms. The second-order valence-electron chi connectivity index (χ2n) is 4.89. The summed E-state index contributed by atoms with van der Waals surface area (Å²) in [7, 11) is -3.47. The summed E-state index contributed by atoms with van der Waals surface area (Å²) in [5.41, 5.74) is 2.05. The largest absolute Gasteiger partial charge is 0.240 e. The van der Waals surface area contributed by atoms with Crippen molar-refractivity contribution < 1.29 is 8.42 Å². The Morgan fingerprint density at radius 2 is 1.76 bits per heavy atom. The van der Waals surface area contributed by atoms with Crippen LogP contribution in [-0.2, 0) is 16.6 Å². The van der Waals surface area contributed by atoms with Crippen molar-refractivity contribution in [3.8, 4) is 0 Å². The smallest absolute Gasteiger partial charge is 0.207 e. The van der Waals surface area contributed by atoms with Crippen LogP contribution in [0.5, 0.6) is 0 Å². The molecule has 3 nitrogen and oxygen atoms in total. The zero-order valence-electron chi connectivity index (χ0n) is 11.5. The van der Waals surface area contributed by atoms with Crippen LogP contribution >= 0.6 is 11.3 Å². The molecular formula is C16H15NO2S2. The minimum Gasteiger partial charge on any atom is -0.207 e. The summed E-state index contributed by atoms with van der Waals surface area (Å²) in [5.74, 6) is 0. The number of benzene rings is 2. The summed E-state index contributed by atoms with van der Waals surface area (Å²) >= 11 is 1.63. The van der Waals surface area contributed by atoms with Gasteiger partial charge in [-0.05, 0) is 41.5 Å². The molecule has 0 atom stereocenters. The van der Waals surface area contributed by atoms with Crippen LogP contribution in [0, 0.1) is 6.92 Å². The van der Waals surface area contributed by atoms with Gasteiger partial charge >= 0.3 is 0 Å². The number of sulfonamides is 1. The van der Waals surface area contributed by atoms with Crippen LogP contribution in [0.15, 0.2) is 58.8 Å². The van der Waals surface area contributed by atoms with E-state index in [0.29, 0.717) is 11.4 Å². The molecule has 0 aliphatic heterocycles.